The number of nitrogens with one attached hydrogen (secondary N) is 1. The van der Waals surface area contributed by atoms with Crippen molar-refractivity contribution in [2.75, 3.05) is 6.61 Å². The van der Waals surface area contributed by atoms with Gasteiger partial charge in [-0.3, -0.25) is 4.79 Å². The number of amides is 1. The number of carbonyl (C=O) groups excluding carboxylic acids is 1. The van der Waals surface area contributed by atoms with Crippen molar-refractivity contribution in [2.24, 2.45) is 0 Å². The maximum atomic E-state index is 12.3. The van der Waals surface area contributed by atoms with Gasteiger partial charge in [-0.25, -0.2) is 0 Å². The molecule has 0 saturated heterocycles. The molecule has 0 aliphatic carbocycles. The van der Waals surface area contributed by atoms with E-state index in [2.05, 4.69) is 79.9 Å². The van der Waals surface area contributed by atoms with Crippen molar-refractivity contribution in [1.29, 1.82) is 0 Å². The van der Waals surface area contributed by atoms with Gasteiger partial charge in [0, 0.05) is 6.42 Å². The second-order valence-corrected chi connectivity index (χ2v) is 14.0. The Kier molecular flexibility index (Phi) is 40.0. The number of carbonyl (C=O) groups is 1. The second kappa shape index (κ2) is 42.0. The third kappa shape index (κ3) is 38.6. The zero-order valence-corrected chi connectivity index (χ0v) is 33.3. The quantitative estimate of drug-likeness (QED) is 0.0445. The normalized spacial score (nSPS) is 13.9. The van der Waals surface area contributed by atoms with Crippen LogP contribution in [-0.4, -0.2) is 34.9 Å². The van der Waals surface area contributed by atoms with Crippen molar-refractivity contribution in [3.63, 3.8) is 0 Å². The molecule has 2 atom stereocenters. The van der Waals surface area contributed by atoms with Crippen LogP contribution in [0.5, 0.6) is 0 Å². The molecule has 0 bridgehead atoms. The van der Waals surface area contributed by atoms with Crippen molar-refractivity contribution in [1.82, 2.24) is 5.32 Å². The van der Waals surface area contributed by atoms with Crippen LogP contribution >= 0.6 is 0 Å². The highest BCUT2D eigenvalue weighted by molar-refractivity contribution is 5.77. The Bertz CT molecular complexity index is 941. The Morgan fingerprint density at radius 3 is 1.33 bits per heavy atom. The summed E-state index contributed by atoms with van der Waals surface area (Å²) in [5.41, 5.74) is 0. The molecule has 0 rings (SSSR count). The predicted molar refractivity (Wildman–Crippen MR) is 225 cm³/mol. The number of hydrogen-bond donors (Lipinski definition) is 3. The number of rotatable bonds is 37. The van der Waals surface area contributed by atoms with Crippen molar-refractivity contribution in [2.45, 2.75) is 199 Å². The lowest BCUT2D eigenvalue weighted by Crippen LogP contribution is -2.44. The fourth-order valence-electron chi connectivity index (χ4n) is 5.91. The van der Waals surface area contributed by atoms with Gasteiger partial charge in [-0.1, -0.05) is 208 Å². The lowest BCUT2D eigenvalue weighted by Gasteiger charge is -2.19. The first-order valence-electron chi connectivity index (χ1n) is 21.3. The first-order valence-corrected chi connectivity index (χ1v) is 21.3. The standard InChI is InChI=1S/C47H81NO3/c1-3-5-7-9-11-13-15-17-19-20-21-22-23-24-25-26-27-29-30-32-34-36-38-40-42-46(50)45(44-49)48-47(51)43-41-39-37-35-33-31-28-18-16-14-12-10-8-6-4-2/h6,8,12,14,18,28,32-35,39-42,45-46,49-50H,3-5,7,9-11,13,15-17,19-27,29-31,36-38,43-44H2,1-2H3,(H,48,51)/b8-6-,14-12-,28-18-,34-32+,35-33-,41-39-,42-40+. The van der Waals surface area contributed by atoms with E-state index in [0.717, 1.165) is 51.4 Å². The van der Waals surface area contributed by atoms with E-state index in [-0.39, 0.29) is 18.9 Å². The first kappa shape index (κ1) is 48.6. The van der Waals surface area contributed by atoms with E-state index in [4.69, 9.17) is 0 Å². The molecule has 0 radical (unpaired) electrons. The molecule has 2 unspecified atom stereocenters. The number of hydrogen-bond acceptors (Lipinski definition) is 3. The minimum absolute atomic E-state index is 0.203. The van der Waals surface area contributed by atoms with Gasteiger partial charge in [0.2, 0.25) is 5.91 Å². The van der Waals surface area contributed by atoms with Gasteiger partial charge >= 0.3 is 0 Å². The number of aliphatic hydroxyl groups is 2. The number of unbranched alkanes of at least 4 members (excludes halogenated alkanes) is 19. The third-order valence-electron chi connectivity index (χ3n) is 9.14. The van der Waals surface area contributed by atoms with E-state index in [1.165, 1.54) is 116 Å². The highest BCUT2D eigenvalue weighted by Crippen LogP contribution is 2.15. The number of allylic oxidation sites excluding steroid dienone is 12. The summed E-state index contributed by atoms with van der Waals surface area (Å²) in [5, 5.41) is 22.8. The molecule has 0 saturated carbocycles. The lowest BCUT2D eigenvalue weighted by atomic mass is 10.0. The molecule has 0 aromatic carbocycles. The van der Waals surface area contributed by atoms with Gasteiger partial charge < -0.3 is 15.5 Å². The van der Waals surface area contributed by atoms with Gasteiger partial charge in [0.25, 0.3) is 0 Å². The molecule has 0 spiro atoms. The first-order chi connectivity index (χ1) is 25.2. The molecule has 1 amide bonds. The molecule has 3 N–H and O–H groups in total. The van der Waals surface area contributed by atoms with Crippen LogP contribution in [0, 0.1) is 0 Å². The van der Waals surface area contributed by atoms with Crippen molar-refractivity contribution < 1.29 is 15.0 Å². The molecule has 0 heterocycles. The van der Waals surface area contributed by atoms with Gasteiger partial charge in [-0.2, -0.15) is 0 Å². The molecule has 51 heavy (non-hydrogen) atoms. The predicted octanol–water partition coefficient (Wildman–Crippen LogP) is 13.3. The van der Waals surface area contributed by atoms with Gasteiger partial charge in [-0.15, -0.1) is 0 Å². The smallest absolute Gasteiger partial charge is 0.224 e. The van der Waals surface area contributed by atoms with Crippen LogP contribution in [0.2, 0.25) is 0 Å². The third-order valence-corrected chi connectivity index (χ3v) is 9.14. The summed E-state index contributed by atoms with van der Waals surface area (Å²) in [6.07, 6.45) is 61.5. The lowest BCUT2D eigenvalue weighted by molar-refractivity contribution is -0.122. The van der Waals surface area contributed by atoms with Crippen molar-refractivity contribution >= 4 is 5.91 Å². The van der Waals surface area contributed by atoms with E-state index in [0.29, 0.717) is 0 Å². The summed E-state index contributed by atoms with van der Waals surface area (Å²) in [6, 6.07) is -0.698. The van der Waals surface area contributed by atoms with Crippen LogP contribution in [0.4, 0.5) is 0 Å². The van der Waals surface area contributed by atoms with Gasteiger partial charge in [0.1, 0.15) is 0 Å². The summed E-state index contributed by atoms with van der Waals surface area (Å²) >= 11 is 0. The topological polar surface area (TPSA) is 69.6 Å². The van der Waals surface area contributed by atoms with E-state index >= 15 is 0 Å². The molecule has 0 aromatic rings. The molecule has 0 aliphatic rings. The fraction of sp³-hybridized carbons (Fsp3) is 0.681. The highest BCUT2D eigenvalue weighted by Gasteiger charge is 2.17. The largest absolute Gasteiger partial charge is 0.394 e. The Hall–Kier alpha value is -2.43. The number of aliphatic hydroxyl groups excluding tert-OH is 2. The van der Waals surface area contributed by atoms with Crippen LogP contribution in [0.25, 0.3) is 0 Å². The molecule has 0 aromatic heterocycles. The zero-order valence-electron chi connectivity index (χ0n) is 33.3. The molecule has 4 nitrogen and oxygen atoms in total. The fourth-order valence-corrected chi connectivity index (χ4v) is 5.91. The Labute approximate surface area is 316 Å². The Balaban J connectivity index is 3.72. The maximum absolute atomic E-state index is 12.3. The summed E-state index contributed by atoms with van der Waals surface area (Å²) in [6.45, 7) is 4.13. The summed E-state index contributed by atoms with van der Waals surface area (Å²) in [7, 11) is 0. The van der Waals surface area contributed by atoms with Crippen LogP contribution in [0.1, 0.15) is 187 Å². The van der Waals surface area contributed by atoms with E-state index < -0.39 is 12.1 Å². The van der Waals surface area contributed by atoms with Crippen molar-refractivity contribution in [3.8, 4) is 0 Å². The minimum Gasteiger partial charge on any atom is -0.394 e. The monoisotopic (exact) mass is 708 g/mol. The molecule has 0 fully saturated rings. The minimum atomic E-state index is -0.906. The summed E-state index contributed by atoms with van der Waals surface area (Å²) in [4.78, 5) is 12.3. The zero-order chi connectivity index (χ0) is 37.1. The summed E-state index contributed by atoms with van der Waals surface area (Å²) in [5.74, 6) is -0.203. The van der Waals surface area contributed by atoms with Gasteiger partial charge in [-0.05, 0) is 57.8 Å². The molecule has 4 heteroatoms. The van der Waals surface area contributed by atoms with Crippen LogP contribution < -0.4 is 5.32 Å². The average Bonchev–Trinajstić information content (AvgIpc) is 3.13. The van der Waals surface area contributed by atoms with E-state index in [9.17, 15) is 15.0 Å². The van der Waals surface area contributed by atoms with E-state index in [1.807, 2.05) is 18.2 Å². The molecule has 0 aliphatic heterocycles. The van der Waals surface area contributed by atoms with E-state index in [1.54, 1.807) is 6.08 Å². The van der Waals surface area contributed by atoms with Crippen LogP contribution in [0.15, 0.2) is 85.1 Å². The average molecular weight is 708 g/mol. The molecule has 292 valence electrons. The molecular formula is C47H81NO3. The highest BCUT2D eigenvalue weighted by atomic mass is 16.3. The van der Waals surface area contributed by atoms with Gasteiger partial charge in [0.15, 0.2) is 0 Å². The Morgan fingerprint density at radius 2 is 0.882 bits per heavy atom. The summed E-state index contributed by atoms with van der Waals surface area (Å²) < 4.78 is 0. The SMILES string of the molecule is CC/C=C\C/C=C\C/C=C\C/C=C\C/C=C\CC(=O)NC(CO)C(O)/C=C/CC/C=C/CCCCCCCCCCCCCCCCCCCC. The van der Waals surface area contributed by atoms with Crippen LogP contribution in [0.3, 0.4) is 0 Å². The maximum Gasteiger partial charge on any atom is 0.224 e. The molecular weight excluding hydrogens is 627 g/mol. The van der Waals surface area contributed by atoms with Crippen LogP contribution in [-0.2, 0) is 4.79 Å². The Morgan fingerprint density at radius 1 is 0.490 bits per heavy atom. The second-order valence-electron chi connectivity index (χ2n) is 14.0. The van der Waals surface area contributed by atoms with Crippen molar-refractivity contribution in [3.05, 3.63) is 85.1 Å². The van der Waals surface area contributed by atoms with Gasteiger partial charge in [0.05, 0.1) is 18.8 Å².